The summed E-state index contributed by atoms with van der Waals surface area (Å²) in [6.45, 7) is 15.5. The molecule has 1 aromatic rings. The third kappa shape index (κ3) is 6.74. The molecule has 29 heavy (non-hydrogen) atoms. The Balaban J connectivity index is 2.07. The van der Waals surface area contributed by atoms with Gasteiger partial charge in [0.15, 0.2) is 5.96 Å². The van der Waals surface area contributed by atoms with Crippen molar-refractivity contribution in [2.75, 3.05) is 39.3 Å². The molecule has 1 fully saturated rings. The molecule has 2 unspecified atom stereocenters. The van der Waals surface area contributed by atoms with E-state index in [1.165, 1.54) is 5.56 Å². The molecule has 0 spiro atoms. The van der Waals surface area contributed by atoms with Gasteiger partial charge in [-0.2, -0.15) is 0 Å². The summed E-state index contributed by atoms with van der Waals surface area (Å²) in [4.78, 5) is 21.6. The van der Waals surface area contributed by atoms with Crippen LogP contribution in [0.3, 0.4) is 0 Å². The number of likely N-dealkylation sites (N-methyl/N-ethyl adjacent to an activating group) is 1. The number of rotatable bonds is 9. The van der Waals surface area contributed by atoms with Crippen LogP contribution >= 0.6 is 0 Å². The Morgan fingerprint density at radius 1 is 1.21 bits per heavy atom. The smallest absolute Gasteiger partial charge is 0.225 e. The molecule has 6 nitrogen and oxygen atoms in total. The normalized spacial score (nSPS) is 18.4. The first-order valence-corrected chi connectivity index (χ1v) is 11.1. The first-order chi connectivity index (χ1) is 14.0. The predicted molar refractivity (Wildman–Crippen MR) is 121 cm³/mol. The fraction of sp³-hybridized carbons (Fsp3) is 0.652. The van der Waals surface area contributed by atoms with Crippen molar-refractivity contribution in [3.05, 3.63) is 35.9 Å². The van der Waals surface area contributed by atoms with Crippen molar-refractivity contribution in [2.45, 2.75) is 53.1 Å². The fourth-order valence-corrected chi connectivity index (χ4v) is 3.91. The second kappa shape index (κ2) is 11.8. The molecule has 6 heteroatoms. The Morgan fingerprint density at radius 3 is 2.48 bits per heavy atom. The first-order valence-electron chi connectivity index (χ1n) is 11.1. The molecule has 1 heterocycles. The van der Waals surface area contributed by atoms with Crippen molar-refractivity contribution in [3.8, 4) is 0 Å². The van der Waals surface area contributed by atoms with E-state index in [9.17, 15) is 4.79 Å². The van der Waals surface area contributed by atoms with Gasteiger partial charge < -0.3 is 15.5 Å². The highest BCUT2D eigenvalue weighted by molar-refractivity contribution is 5.81. The standard InChI is InChI=1S/C23H39N5O/c1-6-24-23(26-20-14-15-28(17-20)22(29)18(4)5)25-16-21(27(7-2)8-3)19-12-10-9-11-13-19/h9-13,18,20-21H,6-8,14-17H2,1-5H3,(H2,24,25,26). The lowest BCUT2D eigenvalue weighted by Gasteiger charge is -2.29. The lowest BCUT2D eigenvalue weighted by atomic mass is 10.1. The highest BCUT2D eigenvalue weighted by atomic mass is 16.2. The van der Waals surface area contributed by atoms with Gasteiger partial charge in [0, 0.05) is 31.6 Å². The summed E-state index contributed by atoms with van der Waals surface area (Å²) < 4.78 is 0. The molecule has 1 aliphatic rings. The van der Waals surface area contributed by atoms with E-state index in [1.807, 2.05) is 18.7 Å². The minimum atomic E-state index is 0.0522. The van der Waals surface area contributed by atoms with Gasteiger partial charge in [0.2, 0.25) is 5.91 Å². The second-order valence-corrected chi connectivity index (χ2v) is 7.94. The molecule has 2 atom stereocenters. The van der Waals surface area contributed by atoms with Crippen molar-refractivity contribution < 1.29 is 4.79 Å². The molecule has 2 rings (SSSR count). The summed E-state index contributed by atoms with van der Waals surface area (Å²) in [7, 11) is 0. The molecular weight excluding hydrogens is 362 g/mol. The van der Waals surface area contributed by atoms with Crippen LogP contribution in [-0.4, -0.2) is 67.0 Å². The molecule has 2 N–H and O–H groups in total. The van der Waals surface area contributed by atoms with Gasteiger partial charge in [-0.3, -0.25) is 14.7 Å². The van der Waals surface area contributed by atoms with Crippen LogP contribution in [0, 0.1) is 5.92 Å². The number of benzene rings is 1. The van der Waals surface area contributed by atoms with Crippen LogP contribution in [0.15, 0.2) is 35.3 Å². The summed E-state index contributed by atoms with van der Waals surface area (Å²) in [5.74, 6) is 1.13. The summed E-state index contributed by atoms with van der Waals surface area (Å²) in [6, 6.07) is 11.1. The number of nitrogens with zero attached hydrogens (tertiary/aromatic N) is 3. The van der Waals surface area contributed by atoms with Gasteiger partial charge >= 0.3 is 0 Å². The summed E-state index contributed by atoms with van der Waals surface area (Å²) >= 11 is 0. The van der Waals surface area contributed by atoms with Crippen molar-refractivity contribution in [3.63, 3.8) is 0 Å². The van der Waals surface area contributed by atoms with Gasteiger partial charge in [0.05, 0.1) is 12.6 Å². The molecule has 1 aromatic carbocycles. The number of guanidine groups is 1. The highest BCUT2D eigenvalue weighted by Crippen LogP contribution is 2.21. The van der Waals surface area contributed by atoms with Gasteiger partial charge in [-0.15, -0.1) is 0 Å². The average Bonchev–Trinajstić information content (AvgIpc) is 3.19. The lowest BCUT2D eigenvalue weighted by molar-refractivity contribution is -0.133. The zero-order valence-electron chi connectivity index (χ0n) is 18.8. The van der Waals surface area contributed by atoms with Gasteiger partial charge in [-0.05, 0) is 32.0 Å². The maximum Gasteiger partial charge on any atom is 0.225 e. The largest absolute Gasteiger partial charge is 0.357 e. The lowest BCUT2D eigenvalue weighted by Crippen LogP contribution is -2.45. The minimum Gasteiger partial charge on any atom is -0.357 e. The quantitative estimate of drug-likeness (QED) is 0.493. The van der Waals surface area contributed by atoms with E-state index in [2.05, 4.69) is 66.6 Å². The van der Waals surface area contributed by atoms with E-state index in [0.717, 1.165) is 45.1 Å². The molecule has 0 aromatic heterocycles. The van der Waals surface area contributed by atoms with Crippen LogP contribution in [0.2, 0.25) is 0 Å². The second-order valence-electron chi connectivity index (χ2n) is 7.94. The van der Waals surface area contributed by atoms with E-state index in [0.29, 0.717) is 6.54 Å². The molecule has 1 aliphatic heterocycles. The van der Waals surface area contributed by atoms with Crippen LogP contribution in [-0.2, 0) is 4.79 Å². The number of amides is 1. The molecule has 1 amide bonds. The van der Waals surface area contributed by atoms with Crippen LogP contribution in [0.5, 0.6) is 0 Å². The van der Waals surface area contributed by atoms with E-state index >= 15 is 0 Å². The Bertz CT molecular complexity index is 642. The topological polar surface area (TPSA) is 60.0 Å². The summed E-state index contributed by atoms with van der Waals surface area (Å²) in [5, 5.41) is 6.92. The minimum absolute atomic E-state index is 0.0522. The number of nitrogens with one attached hydrogen (secondary N) is 2. The van der Waals surface area contributed by atoms with Crippen LogP contribution < -0.4 is 10.6 Å². The fourth-order valence-electron chi connectivity index (χ4n) is 3.91. The predicted octanol–water partition coefficient (Wildman–Crippen LogP) is 2.88. The summed E-state index contributed by atoms with van der Waals surface area (Å²) in [6.07, 6.45) is 0.959. The first kappa shape index (κ1) is 23.2. The van der Waals surface area contributed by atoms with E-state index in [-0.39, 0.29) is 23.9 Å². The van der Waals surface area contributed by atoms with Gasteiger partial charge in [-0.25, -0.2) is 0 Å². The van der Waals surface area contributed by atoms with Crippen LogP contribution in [0.4, 0.5) is 0 Å². The maximum atomic E-state index is 12.3. The SMILES string of the molecule is CCNC(=NCC(c1ccccc1)N(CC)CC)NC1CCN(C(=O)C(C)C)C1. The van der Waals surface area contributed by atoms with Crippen LogP contribution in [0.1, 0.15) is 52.6 Å². The number of likely N-dealkylation sites (tertiary alicyclic amines) is 1. The van der Waals surface area contributed by atoms with Crippen molar-refractivity contribution in [2.24, 2.45) is 10.9 Å². The van der Waals surface area contributed by atoms with Gasteiger partial charge in [-0.1, -0.05) is 58.0 Å². The zero-order valence-corrected chi connectivity index (χ0v) is 18.8. The average molecular weight is 402 g/mol. The molecule has 0 radical (unpaired) electrons. The van der Waals surface area contributed by atoms with Crippen LogP contribution in [0.25, 0.3) is 0 Å². The van der Waals surface area contributed by atoms with Crippen molar-refractivity contribution in [1.29, 1.82) is 0 Å². The molecular formula is C23H39N5O. The Kier molecular flexibility index (Phi) is 9.45. The molecule has 0 aliphatic carbocycles. The van der Waals surface area contributed by atoms with Gasteiger partial charge in [0.1, 0.15) is 0 Å². The molecule has 0 bridgehead atoms. The summed E-state index contributed by atoms with van der Waals surface area (Å²) in [5.41, 5.74) is 1.30. The Labute approximate surface area is 176 Å². The maximum absolute atomic E-state index is 12.3. The highest BCUT2D eigenvalue weighted by Gasteiger charge is 2.28. The Morgan fingerprint density at radius 2 is 1.90 bits per heavy atom. The third-order valence-electron chi connectivity index (χ3n) is 5.54. The zero-order chi connectivity index (χ0) is 21.2. The number of carbonyl (C=O) groups is 1. The monoisotopic (exact) mass is 401 g/mol. The van der Waals surface area contributed by atoms with Crippen molar-refractivity contribution >= 4 is 11.9 Å². The molecule has 1 saturated heterocycles. The van der Waals surface area contributed by atoms with E-state index in [1.54, 1.807) is 0 Å². The number of hydrogen-bond acceptors (Lipinski definition) is 3. The molecule has 162 valence electrons. The third-order valence-corrected chi connectivity index (χ3v) is 5.54. The van der Waals surface area contributed by atoms with Gasteiger partial charge in [0.25, 0.3) is 0 Å². The van der Waals surface area contributed by atoms with E-state index in [4.69, 9.17) is 4.99 Å². The number of aliphatic imine (C=N–C) groups is 1. The van der Waals surface area contributed by atoms with E-state index < -0.39 is 0 Å². The van der Waals surface area contributed by atoms with Crippen molar-refractivity contribution in [1.82, 2.24) is 20.4 Å². The molecule has 0 saturated carbocycles. The number of carbonyl (C=O) groups excluding carboxylic acids is 1. The Hall–Kier alpha value is -2.08. The number of hydrogen-bond donors (Lipinski definition) is 2.